The Morgan fingerprint density at radius 3 is 2.57 bits per heavy atom. The Labute approximate surface area is 168 Å². The normalized spacial score (nSPS) is 26.2. The van der Waals surface area contributed by atoms with Crippen molar-refractivity contribution in [2.75, 3.05) is 39.4 Å². The lowest BCUT2D eigenvalue weighted by atomic mass is 9.92. The number of amides is 1. The van der Waals surface area contributed by atoms with Crippen LogP contribution in [0.2, 0.25) is 0 Å². The predicted molar refractivity (Wildman–Crippen MR) is 109 cm³/mol. The maximum Gasteiger partial charge on any atom is 0.224 e. The summed E-state index contributed by atoms with van der Waals surface area (Å²) in [6.07, 6.45) is 10.3. The van der Waals surface area contributed by atoms with Crippen LogP contribution in [0.5, 0.6) is 0 Å². The second kappa shape index (κ2) is 9.81. The number of pyridine rings is 1. The van der Waals surface area contributed by atoms with Gasteiger partial charge in [0.25, 0.3) is 0 Å². The third-order valence-corrected chi connectivity index (χ3v) is 6.62. The molecule has 1 atom stereocenters. The number of hydrogen-bond acceptors (Lipinski definition) is 5. The minimum absolute atomic E-state index is 0.159. The zero-order valence-corrected chi connectivity index (χ0v) is 16.9. The van der Waals surface area contributed by atoms with Crippen molar-refractivity contribution >= 4 is 5.91 Å². The van der Waals surface area contributed by atoms with E-state index in [1.807, 2.05) is 12.4 Å². The summed E-state index contributed by atoms with van der Waals surface area (Å²) in [5.41, 5.74) is 1.34. The summed E-state index contributed by atoms with van der Waals surface area (Å²) < 4.78 is 5.40. The molecule has 1 aromatic rings. The van der Waals surface area contributed by atoms with E-state index in [1.54, 1.807) is 0 Å². The van der Waals surface area contributed by atoms with Crippen molar-refractivity contribution in [2.24, 2.45) is 5.92 Å². The topological polar surface area (TPSA) is 57.7 Å². The lowest BCUT2D eigenvalue weighted by Crippen LogP contribution is -2.52. The van der Waals surface area contributed by atoms with Crippen LogP contribution in [0.15, 0.2) is 24.5 Å². The molecular formula is C22H34N4O2. The van der Waals surface area contributed by atoms with Gasteiger partial charge in [-0.1, -0.05) is 0 Å². The van der Waals surface area contributed by atoms with Gasteiger partial charge in [0.2, 0.25) is 5.91 Å². The van der Waals surface area contributed by atoms with E-state index < -0.39 is 0 Å². The Bertz CT molecular complexity index is 612. The Morgan fingerprint density at radius 1 is 1.07 bits per heavy atom. The molecule has 0 radical (unpaired) electrons. The molecule has 6 nitrogen and oxygen atoms in total. The number of aromatic nitrogens is 1. The fourth-order valence-corrected chi connectivity index (χ4v) is 4.90. The first-order chi connectivity index (χ1) is 13.8. The largest absolute Gasteiger partial charge is 0.381 e. The van der Waals surface area contributed by atoms with Crippen LogP contribution in [0.1, 0.15) is 44.1 Å². The molecule has 28 heavy (non-hydrogen) atoms. The second-order valence-electron chi connectivity index (χ2n) is 8.59. The molecule has 4 rings (SSSR count). The first-order valence-electron chi connectivity index (χ1n) is 11.0. The molecule has 6 heteroatoms. The summed E-state index contributed by atoms with van der Waals surface area (Å²) in [7, 11) is 0. The molecule has 154 valence electrons. The first-order valence-corrected chi connectivity index (χ1v) is 11.0. The van der Waals surface area contributed by atoms with E-state index in [0.29, 0.717) is 12.1 Å². The molecule has 0 saturated carbocycles. The standard InChI is InChI=1S/C22H34N4O2/c27-22(24-20-7-14-28-15-8-20)19-2-1-11-26(17-19)21-5-12-25(13-6-21)16-18-3-9-23-10-4-18/h3-4,9-10,19-21H,1-2,5-8,11-17H2,(H,24,27). The van der Waals surface area contributed by atoms with E-state index in [9.17, 15) is 4.79 Å². The lowest BCUT2D eigenvalue weighted by molar-refractivity contribution is -0.128. The molecule has 3 saturated heterocycles. The van der Waals surface area contributed by atoms with E-state index in [-0.39, 0.29) is 11.8 Å². The molecular weight excluding hydrogens is 352 g/mol. The lowest BCUT2D eigenvalue weighted by Gasteiger charge is -2.42. The average molecular weight is 387 g/mol. The summed E-state index contributed by atoms with van der Waals surface area (Å²) >= 11 is 0. The van der Waals surface area contributed by atoms with Crippen LogP contribution in [0.3, 0.4) is 0 Å². The summed E-state index contributed by atoms with van der Waals surface area (Å²) in [5.74, 6) is 0.429. The zero-order valence-electron chi connectivity index (χ0n) is 16.9. The van der Waals surface area contributed by atoms with Gasteiger partial charge in [-0.2, -0.15) is 0 Å². The Morgan fingerprint density at radius 2 is 1.82 bits per heavy atom. The first kappa shape index (κ1) is 19.8. The Balaban J connectivity index is 1.23. The van der Waals surface area contributed by atoms with Crippen LogP contribution in [0.4, 0.5) is 0 Å². The number of carbonyl (C=O) groups excluding carboxylic acids is 1. The fraction of sp³-hybridized carbons (Fsp3) is 0.727. The van der Waals surface area contributed by atoms with Gasteiger partial charge in [-0.15, -0.1) is 0 Å². The van der Waals surface area contributed by atoms with Gasteiger partial charge in [0.1, 0.15) is 0 Å². The zero-order chi connectivity index (χ0) is 19.2. The fourth-order valence-electron chi connectivity index (χ4n) is 4.90. The van der Waals surface area contributed by atoms with Crippen LogP contribution >= 0.6 is 0 Å². The molecule has 0 spiro atoms. The summed E-state index contributed by atoms with van der Waals surface area (Å²) in [4.78, 5) is 22.0. The number of hydrogen-bond donors (Lipinski definition) is 1. The van der Waals surface area contributed by atoms with E-state index >= 15 is 0 Å². The summed E-state index contributed by atoms with van der Waals surface area (Å²) in [5, 5.41) is 3.29. The van der Waals surface area contributed by atoms with E-state index in [2.05, 4.69) is 32.2 Å². The summed E-state index contributed by atoms with van der Waals surface area (Å²) in [6.45, 7) is 6.94. The van der Waals surface area contributed by atoms with Gasteiger partial charge in [0.05, 0.1) is 5.92 Å². The Hall–Kier alpha value is -1.50. The maximum absolute atomic E-state index is 12.8. The molecule has 3 fully saturated rings. The third kappa shape index (κ3) is 5.31. The number of likely N-dealkylation sites (tertiary alicyclic amines) is 2. The van der Waals surface area contributed by atoms with Crippen molar-refractivity contribution in [2.45, 2.75) is 57.2 Å². The monoisotopic (exact) mass is 386 g/mol. The highest BCUT2D eigenvalue weighted by molar-refractivity contribution is 5.79. The number of piperidine rings is 2. The highest BCUT2D eigenvalue weighted by Crippen LogP contribution is 2.25. The van der Waals surface area contributed by atoms with Crippen LogP contribution < -0.4 is 5.32 Å². The van der Waals surface area contributed by atoms with Gasteiger partial charge < -0.3 is 10.1 Å². The highest BCUT2D eigenvalue weighted by atomic mass is 16.5. The molecule has 0 aromatic carbocycles. The van der Waals surface area contributed by atoms with Crippen LogP contribution in [-0.2, 0) is 16.1 Å². The third-order valence-electron chi connectivity index (χ3n) is 6.62. The van der Waals surface area contributed by atoms with Gasteiger partial charge in [-0.05, 0) is 75.9 Å². The molecule has 3 aliphatic rings. The van der Waals surface area contributed by atoms with Crippen LogP contribution in [-0.4, -0.2) is 72.2 Å². The second-order valence-corrected chi connectivity index (χ2v) is 8.59. The van der Waals surface area contributed by atoms with E-state index in [4.69, 9.17) is 4.74 Å². The van der Waals surface area contributed by atoms with Crippen molar-refractivity contribution in [3.63, 3.8) is 0 Å². The molecule has 1 amide bonds. The smallest absolute Gasteiger partial charge is 0.224 e. The van der Waals surface area contributed by atoms with Gasteiger partial charge in [0, 0.05) is 50.8 Å². The van der Waals surface area contributed by atoms with Crippen molar-refractivity contribution in [3.05, 3.63) is 30.1 Å². The predicted octanol–water partition coefficient (Wildman–Crippen LogP) is 2.05. The molecule has 0 aliphatic carbocycles. The van der Waals surface area contributed by atoms with E-state index in [1.165, 1.54) is 18.4 Å². The van der Waals surface area contributed by atoms with Crippen LogP contribution in [0, 0.1) is 5.92 Å². The average Bonchev–Trinajstić information content (AvgIpc) is 2.76. The van der Waals surface area contributed by atoms with Gasteiger partial charge in [-0.3, -0.25) is 19.6 Å². The van der Waals surface area contributed by atoms with Crippen molar-refractivity contribution in [1.29, 1.82) is 0 Å². The number of carbonyl (C=O) groups is 1. The SMILES string of the molecule is O=C(NC1CCOCC1)C1CCCN(C2CCN(Cc3ccncc3)CC2)C1. The van der Waals surface area contributed by atoms with Crippen molar-refractivity contribution in [1.82, 2.24) is 20.1 Å². The van der Waals surface area contributed by atoms with Gasteiger partial charge in [-0.25, -0.2) is 0 Å². The molecule has 4 heterocycles. The van der Waals surface area contributed by atoms with Crippen LogP contribution in [0.25, 0.3) is 0 Å². The molecule has 0 bridgehead atoms. The van der Waals surface area contributed by atoms with Crippen molar-refractivity contribution < 1.29 is 9.53 Å². The summed E-state index contributed by atoms with van der Waals surface area (Å²) in [6, 6.07) is 5.16. The number of rotatable bonds is 5. The number of ether oxygens (including phenoxy) is 1. The van der Waals surface area contributed by atoms with Gasteiger partial charge in [0.15, 0.2) is 0 Å². The highest BCUT2D eigenvalue weighted by Gasteiger charge is 2.32. The number of nitrogens with one attached hydrogen (secondary N) is 1. The van der Waals surface area contributed by atoms with Gasteiger partial charge >= 0.3 is 0 Å². The van der Waals surface area contributed by atoms with Crippen molar-refractivity contribution in [3.8, 4) is 0 Å². The Kier molecular flexibility index (Phi) is 6.94. The van der Waals surface area contributed by atoms with E-state index in [0.717, 1.165) is 71.6 Å². The molecule has 3 aliphatic heterocycles. The maximum atomic E-state index is 12.8. The minimum Gasteiger partial charge on any atom is -0.381 e. The number of nitrogens with zero attached hydrogens (tertiary/aromatic N) is 3. The molecule has 1 unspecified atom stereocenters. The molecule has 1 aromatic heterocycles. The quantitative estimate of drug-likeness (QED) is 0.839. The minimum atomic E-state index is 0.159. The molecule has 1 N–H and O–H groups in total.